The normalized spacial score (nSPS) is 15.2. The van der Waals surface area contributed by atoms with Crippen LogP contribution in [0.5, 0.6) is 0 Å². The van der Waals surface area contributed by atoms with Crippen LogP contribution in [0, 0.1) is 5.92 Å². The molecule has 0 aliphatic heterocycles. The number of carboxylic acid groups (broad SMARTS) is 1. The van der Waals surface area contributed by atoms with E-state index in [1.807, 2.05) is 12.1 Å². The van der Waals surface area contributed by atoms with Crippen LogP contribution in [0.15, 0.2) is 24.3 Å². The molecule has 5 heteroatoms. The molecular formula is C15H18ClNO3. The molecule has 108 valence electrons. The van der Waals surface area contributed by atoms with Crippen molar-refractivity contribution in [2.24, 2.45) is 5.92 Å². The first-order valence-corrected chi connectivity index (χ1v) is 7.19. The van der Waals surface area contributed by atoms with Gasteiger partial charge in [0.05, 0.1) is 0 Å². The van der Waals surface area contributed by atoms with Crippen LogP contribution in [-0.2, 0) is 16.1 Å². The van der Waals surface area contributed by atoms with Gasteiger partial charge < -0.3 is 10.0 Å². The maximum atomic E-state index is 12.4. The van der Waals surface area contributed by atoms with Gasteiger partial charge in [-0.3, -0.25) is 9.59 Å². The number of amides is 1. The van der Waals surface area contributed by atoms with Gasteiger partial charge in [0, 0.05) is 17.5 Å². The fourth-order valence-corrected chi connectivity index (χ4v) is 2.74. The highest BCUT2D eigenvalue weighted by molar-refractivity contribution is 6.30. The summed E-state index contributed by atoms with van der Waals surface area (Å²) in [4.78, 5) is 24.8. The molecule has 0 aromatic heterocycles. The number of hydrogen-bond acceptors (Lipinski definition) is 2. The van der Waals surface area contributed by atoms with E-state index in [1.165, 1.54) is 4.90 Å². The molecule has 0 heterocycles. The second-order valence-corrected chi connectivity index (χ2v) is 5.63. The van der Waals surface area contributed by atoms with Crippen LogP contribution in [0.1, 0.15) is 31.2 Å². The van der Waals surface area contributed by atoms with Crippen molar-refractivity contribution < 1.29 is 14.7 Å². The Bertz CT molecular complexity index is 480. The topological polar surface area (TPSA) is 57.6 Å². The Morgan fingerprint density at radius 2 is 1.80 bits per heavy atom. The first-order valence-electron chi connectivity index (χ1n) is 6.81. The number of aliphatic carboxylic acids is 1. The molecule has 1 aromatic carbocycles. The van der Waals surface area contributed by atoms with Crippen LogP contribution in [0.3, 0.4) is 0 Å². The SMILES string of the molecule is O=C(O)CN(Cc1ccc(Cl)cc1)C(=O)C1CCCC1. The minimum Gasteiger partial charge on any atom is -0.480 e. The van der Waals surface area contributed by atoms with Gasteiger partial charge in [0.25, 0.3) is 0 Å². The van der Waals surface area contributed by atoms with Crippen molar-refractivity contribution in [3.63, 3.8) is 0 Å². The first kappa shape index (κ1) is 14.9. The Kier molecular flexibility index (Phi) is 5.01. The van der Waals surface area contributed by atoms with Crippen LogP contribution in [-0.4, -0.2) is 28.4 Å². The van der Waals surface area contributed by atoms with Gasteiger partial charge in [-0.25, -0.2) is 0 Å². The molecule has 0 unspecified atom stereocenters. The van der Waals surface area contributed by atoms with Gasteiger partial charge in [-0.15, -0.1) is 0 Å². The molecule has 1 N–H and O–H groups in total. The Morgan fingerprint density at radius 1 is 1.20 bits per heavy atom. The van der Waals surface area contributed by atoms with Gasteiger partial charge in [-0.05, 0) is 30.5 Å². The maximum Gasteiger partial charge on any atom is 0.323 e. The molecule has 2 rings (SSSR count). The quantitative estimate of drug-likeness (QED) is 0.908. The van der Waals surface area contributed by atoms with Gasteiger partial charge in [0.2, 0.25) is 5.91 Å². The van der Waals surface area contributed by atoms with E-state index in [4.69, 9.17) is 16.7 Å². The fourth-order valence-electron chi connectivity index (χ4n) is 2.62. The van der Waals surface area contributed by atoms with E-state index in [9.17, 15) is 9.59 Å². The lowest BCUT2D eigenvalue weighted by molar-refractivity contribution is -0.146. The molecule has 0 spiro atoms. The third-order valence-corrected chi connectivity index (χ3v) is 3.88. The Labute approximate surface area is 123 Å². The van der Waals surface area contributed by atoms with E-state index in [0.717, 1.165) is 31.2 Å². The van der Waals surface area contributed by atoms with E-state index >= 15 is 0 Å². The molecule has 1 amide bonds. The van der Waals surface area contributed by atoms with Gasteiger partial charge >= 0.3 is 5.97 Å². The summed E-state index contributed by atoms with van der Waals surface area (Å²) in [6.07, 6.45) is 3.85. The van der Waals surface area contributed by atoms with Crippen LogP contribution < -0.4 is 0 Å². The predicted molar refractivity (Wildman–Crippen MR) is 76.5 cm³/mol. The second kappa shape index (κ2) is 6.75. The molecule has 1 aliphatic carbocycles. The van der Waals surface area contributed by atoms with Crippen LogP contribution in [0.4, 0.5) is 0 Å². The summed E-state index contributed by atoms with van der Waals surface area (Å²) in [6.45, 7) is 0.0662. The van der Waals surface area contributed by atoms with Crippen LogP contribution in [0.2, 0.25) is 5.02 Å². The summed E-state index contributed by atoms with van der Waals surface area (Å²) >= 11 is 5.82. The van der Waals surface area contributed by atoms with Crippen molar-refractivity contribution in [1.29, 1.82) is 0 Å². The van der Waals surface area contributed by atoms with E-state index in [2.05, 4.69) is 0 Å². The number of benzene rings is 1. The number of carboxylic acids is 1. The van der Waals surface area contributed by atoms with E-state index in [-0.39, 0.29) is 18.4 Å². The summed E-state index contributed by atoms with van der Waals surface area (Å²) in [5.41, 5.74) is 0.891. The number of nitrogens with zero attached hydrogens (tertiary/aromatic N) is 1. The zero-order valence-corrected chi connectivity index (χ0v) is 12.0. The van der Waals surface area contributed by atoms with Crippen molar-refractivity contribution in [2.75, 3.05) is 6.54 Å². The highest BCUT2D eigenvalue weighted by Gasteiger charge is 2.28. The largest absolute Gasteiger partial charge is 0.480 e. The highest BCUT2D eigenvalue weighted by Crippen LogP contribution is 2.27. The summed E-state index contributed by atoms with van der Waals surface area (Å²) in [7, 11) is 0. The summed E-state index contributed by atoms with van der Waals surface area (Å²) in [5.74, 6) is -1.04. The van der Waals surface area contributed by atoms with E-state index < -0.39 is 5.97 Å². The summed E-state index contributed by atoms with van der Waals surface area (Å²) in [5, 5.41) is 9.61. The van der Waals surface area contributed by atoms with Gasteiger partial charge in [0.15, 0.2) is 0 Å². The Hall–Kier alpha value is -1.55. The summed E-state index contributed by atoms with van der Waals surface area (Å²) < 4.78 is 0. The molecule has 0 atom stereocenters. The smallest absolute Gasteiger partial charge is 0.323 e. The molecule has 1 aliphatic rings. The van der Waals surface area contributed by atoms with Crippen LogP contribution >= 0.6 is 11.6 Å². The number of carbonyl (C=O) groups is 2. The third kappa shape index (κ3) is 3.97. The average molecular weight is 296 g/mol. The molecule has 4 nitrogen and oxygen atoms in total. The lowest BCUT2D eigenvalue weighted by Gasteiger charge is -2.24. The second-order valence-electron chi connectivity index (χ2n) is 5.20. The highest BCUT2D eigenvalue weighted by atomic mass is 35.5. The van der Waals surface area contributed by atoms with Crippen molar-refractivity contribution in [1.82, 2.24) is 4.90 Å². The van der Waals surface area contributed by atoms with Gasteiger partial charge in [-0.1, -0.05) is 36.6 Å². The molecule has 0 bridgehead atoms. The number of rotatable bonds is 5. The van der Waals surface area contributed by atoms with Crippen molar-refractivity contribution in [2.45, 2.75) is 32.2 Å². The fraction of sp³-hybridized carbons (Fsp3) is 0.467. The lowest BCUT2D eigenvalue weighted by atomic mass is 10.1. The monoisotopic (exact) mass is 295 g/mol. The Balaban J connectivity index is 2.08. The van der Waals surface area contributed by atoms with Gasteiger partial charge in [-0.2, -0.15) is 0 Å². The molecule has 1 aromatic rings. The minimum atomic E-state index is -0.981. The van der Waals surface area contributed by atoms with Crippen molar-refractivity contribution in [3.8, 4) is 0 Å². The molecule has 1 saturated carbocycles. The third-order valence-electron chi connectivity index (χ3n) is 3.63. The zero-order valence-electron chi connectivity index (χ0n) is 11.2. The minimum absolute atomic E-state index is 0.0124. The van der Waals surface area contributed by atoms with Gasteiger partial charge in [0.1, 0.15) is 6.54 Å². The van der Waals surface area contributed by atoms with Crippen LogP contribution in [0.25, 0.3) is 0 Å². The Morgan fingerprint density at radius 3 is 2.35 bits per heavy atom. The number of carbonyl (C=O) groups excluding carboxylic acids is 1. The molecule has 0 saturated heterocycles. The number of hydrogen-bond donors (Lipinski definition) is 1. The zero-order chi connectivity index (χ0) is 14.5. The van der Waals surface area contributed by atoms with Crippen molar-refractivity contribution in [3.05, 3.63) is 34.9 Å². The molecular weight excluding hydrogens is 278 g/mol. The van der Waals surface area contributed by atoms with E-state index in [1.54, 1.807) is 12.1 Å². The first-order chi connectivity index (χ1) is 9.56. The van der Waals surface area contributed by atoms with Crippen molar-refractivity contribution >= 4 is 23.5 Å². The lowest BCUT2D eigenvalue weighted by Crippen LogP contribution is -2.38. The maximum absolute atomic E-state index is 12.4. The standard InChI is InChI=1S/C15H18ClNO3/c16-13-7-5-11(6-8-13)9-17(10-14(18)19)15(20)12-3-1-2-4-12/h5-8,12H,1-4,9-10H2,(H,18,19). The van der Waals surface area contributed by atoms with E-state index in [0.29, 0.717) is 11.6 Å². The molecule has 0 radical (unpaired) electrons. The number of halogens is 1. The molecule has 20 heavy (non-hydrogen) atoms. The summed E-state index contributed by atoms with van der Waals surface area (Å²) in [6, 6.07) is 7.13. The predicted octanol–water partition coefficient (Wildman–Crippen LogP) is 2.94. The molecule has 1 fully saturated rings. The average Bonchev–Trinajstić information content (AvgIpc) is 2.93.